The van der Waals surface area contributed by atoms with Gasteiger partial charge in [0.1, 0.15) is 5.75 Å². The number of aromatic nitrogens is 1. The molecule has 1 heterocycles. The van der Waals surface area contributed by atoms with Crippen LogP contribution in [-0.2, 0) is 0 Å². The molecule has 0 radical (unpaired) electrons. The van der Waals surface area contributed by atoms with Gasteiger partial charge in [0.15, 0.2) is 0 Å². The number of fused-ring (bicyclic) bond motifs is 5. The number of allylic oxidation sites excluding steroid dienone is 1. The molecule has 0 bridgehead atoms. The fourth-order valence-corrected chi connectivity index (χ4v) is 8.31. The molecule has 0 aliphatic heterocycles. The van der Waals surface area contributed by atoms with E-state index in [1.165, 1.54) is 44.1 Å². The van der Waals surface area contributed by atoms with Gasteiger partial charge in [-0.2, -0.15) is 0 Å². The number of rotatable bonds is 3. The van der Waals surface area contributed by atoms with Gasteiger partial charge < -0.3 is 9.84 Å². The van der Waals surface area contributed by atoms with Gasteiger partial charge in [0.25, 0.3) is 0 Å². The summed E-state index contributed by atoms with van der Waals surface area (Å²) in [4.78, 5) is 4.28. The molecule has 4 aliphatic carbocycles. The number of hydrogen-bond acceptors (Lipinski definition) is 3. The van der Waals surface area contributed by atoms with Crippen molar-refractivity contribution in [2.24, 2.45) is 34.5 Å². The Kier molecular flexibility index (Phi) is 5.04. The van der Waals surface area contributed by atoms with E-state index in [0.717, 1.165) is 36.3 Å². The molecule has 30 heavy (non-hydrogen) atoms. The third kappa shape index (κ3) is 3.06. The minimum atomic E-state index is -0.112. The van der Waals surface area contributed by atoms with Crippen LogP contribution in [0.1, 0.15) is 77.7 Å². The lowest BCUT2D eigenvalue weighted by Gasteiger charge is -2.58. The SMILES string of the molecule is Cc1ccncc1OC(C)[C@H]1CC[C@H]2[C@@H]3CC=C4C[C@@H](O)CC[C@]4(C)[C@H]3CC[C@]12C. The van der Waals surface area contributed by atoms with Gasteiger partial charge in [0.2, 0.25) is 0 Å². The number of ether oxygens (including phenoxy) is 1. The second-order valence-electron chi connectivity index (χ2n) is 11.3. The number of nitrogens with zero attached hydrogens (tertiary/aromatic N) is 1. The molecule has 0 amide bonds. The van der Waals surface area contributed by atoms with Gasteiger partial charge >= 0.3 is 0 Å². The Morgan fingerprint density at radius 2 is 1.97 bits per heavy atom. The number of hydrogen-bond donors (Lipinski definition) is 1. The highest BCUT2D eigenvalue weighted by Crippen LogP contribution is 2.66. The number of pyridine rings is 1. The summed E-state index contributed by atoms with van der Waals surface area (Å²) in [6.07, 6.45) is 16.0. The van der Waals surface area contributed by atoms with E-state index < -0.39 is 0 Å². The lowest BCUT2D eigenvalue weighted by Crippen LogP contribution is -2.51. The van der Waals surface area contributed by atoms with Crippen LogP contribution in [0.3, 0.4) is 0 Å². The summed E-state index contributed by atoms with van der Waals surface area (Å²) in [5.41, 5.74) is 3.46. The quantitative estimate of drug-likeness (QED) is 0.614. The Morgan fingerprint density at radius 1 is 1.13 bits per heavy atom. The van der Waals surface area contributed by atoms with Crippen LogP contribution in [0.15, 0.2) is 30.1 Å². The van der Waals surface area contributed by atoms with Gasteiger partial charge in [0.05, 0.1) is 18.4 Å². The standard InChI is InChI=1S/C27H39NO2/c1-17-11-14-28-16-25(17)30-18(2)22-7-8-23-21-6-5-19-15-20(29)9-12-26(19,3)24(21)10-13-27(22,23)4/h5,11,14,16,18,20-24,29H,6-10,12-13,15H2,1-4H3/t18?,20-,21-,22+,23-,24-,26-,27+/m0/s1. The van der Waals surface area contributed by atoms with Gasteiger partial charge in [-0.25, -0.2) is 0 Å². The van der Waals surface area contributed by atoms with Gasteiger partial charge in [0, 0.05) is 12.1 Å². The summed E-state index contributed by atoms with van der Waals surface area (Å²) >= 11 is 0. The Labute approximate surface area is 182 Å². The predicted octanol–water partition coefficient (Wildman–Crippen LogP) is 6.10. The van der Waals surface area contributed by atoms with E-state index in [0.29, 0.717) is 16.7 Å². The zero-order chi connectivity index (χ0) is 21.1. The summed E-state index contributed by atoms with van der Waals surface area (Å²) in [5, 5.41) is 10.2. The molecule has 3 saturated carbocycles. The third-order valence-electron chi connectivity index (χ3n) is 10.0. The lowest BCUT2D eigenvalue weighted by molar-refractivity contribution is -0.0644. The highest BCUT2D eigenvalue weighted by molar-refractivity contribution is 5.29. The highest BCUT2D eigenvalue weighted by atomic mass is 16.5. The monoisotopic (exact) mass is 409 g/mol. The topological polar surface area (TPSA) is 42.4 Å². The second-order valence-corrected chi connectivity index (χ2v) is 11.3. The molecule has 1 aromatic heterocycles. The number of aryl methyl sites for hydroxylation is 1. The minimum Gasteiger partial charge on any atom is -0.489 e. The van der Waals surface area contributed by atoms with E-state index in [4.69, 9.17) is 4.74 Å². The van der Waals surface area contributed by atoms with Crippen LogP contribution in [0.25, 0.3) is 0 Å². The van der Waals surface area contributed by atoms with Crippen LogP contribution in [0.2, 0.25) is 0 Å². The van der Waals surface area contributed by atoms with E-state index in [1.54, 1.807) is 5.57 Å². The van der Waals surface area contributed by atoms with Crippen molar-refractivity contribution in [3.63, 3.8) is 0 Å². The maximum absolute atomic E-state index is 10.2. The average molecular weight is 410 g/mol. The third-order valence-corrected chi connectivity index (χ3v) is 10.0. The lowest BCUT2D eigenvalue weighted by atomic mass is 9.47. The van der Waals surface area contributed by atoms with Crippen LogP contribution in [0, 0.1) is 41.4 Å². The average Bonchev–Trinajstić information content (AvgIpc) is 3.07. The minimum absolute atomic E-state index is 0.112. The first-order valence-electron chi connectivity index (χ1n) is 12.3. The smallest absolute Gasteiger partial charge is 0.140 e. The molecule has 1 unspecified atom stereocenters. The Morgan fingerprint density at radius 3 is 2.77 bits per heavy atom. The fraction of sp³-hybridized carbons (Fsp3) is 0.741. The van der Waals surface area contributed by atoms with Crippen molar-refractivity contribution in [3.05, 3.63) is 35.7 Å². The van der Waals surface area contributed by atoms with Gasteiger partial charge in [-0.15, -0.1) is 0 Å². The van der Waals surface area contributed by atoms with Crippen molar-refractivity contribution in [1.29, 1.82) is 0 Å². The summed E-state index contributed by atoms with van der Waals surface area (Å²) in [6, 6.07) is 2.04. The highest BCUT2D eigenvalue weighted by Gasteiger charge is 2.59. The van der Waals surface area contributed by atoms with Gasteiger partial charge in [-0.1, -0.05) is 25.5 Å². The zero-order valence-corrected chi connectivity index (χ0v) is 19.2. The number of aliphatic hydroxyl groups is 1. The first-order chi connectivity index (χ1) is 14.3. The molecular formula is C27H39NO2. The van der Waals surface area contributed by atoms with Crippen molar-refractivity contribution in [1.82, 2.24) is 4.98 Å². The van der Waals surface area contributed by atoms with E-state index in [9.17, 15) is 5.11 Å². The molecule has 8 atom stereocenters. The summed E-state index contributed by atoms with van der Waals surface area (Å²) in [7, 11) is 0. The molecule has 164 valence electrons. The molecule has 1 N–H and O–H groups in total. The molecule has 0 spiro atoms. The van der Waals surface area contributed by atoms with Crippen molar-refractivity contribution in [3.8, 4) is 5.75 Å². The molecule has 0 aromatic carbocycles. The molecular weight excluding hydrogens is 370 g/mol. The van der Waals surface area contributed by atoms with Crippen molar-refractivity contribution in [2.45, 2.75) is 91.3 Å². The summed E-state index contributed by atoms with van der Waals surface area (Å²) < 4.78 is 6.49. The van der Waals surface area contributed by atoms with E-state index in [1.807, 2.05) is 18.5 Å². The molecule has 3 fully saturated rings. The molecule has 3 nitrogen and oxygen atoms in total. The van der Waals surface area contributed by atoms with Crippen LogP contribution >= 0.6 is 0 Å². The van der Waals surface area contributed by atoms with Crippen molar-refractivity contribution >= 4 is 0 Å². The Bertz CT molecular complexity index is 834. The molecule has 3 heteroatoms. The summed E-state index contributed by atoms with van der Waals surface area (Å²) in [6.45, 7) is 9.50. The number of aliphatic hydroxyl groups excluding tert-OH is 1. The fourth-order valence-electron chi connectivity index (χ4n) is 8.31. The molecule has 4 aliphatic rings. The zero-order valence-electron chi connectivity index (χ0n) is 19.2. The van der Waals surface area contributed by atoms with Crippen LogP contribution in [0.5, 0.6) is 5.75 Å². The van der Waals surface area contributed by atoms with E-state index >= 15 is 0 Å². The Hall–Kier alpha value is -1.35. The van der Waals surface area contributed by atoms with Crippen LogP contribution in [0.4, 0.5) is 0 Å². The Balaban J connectivity index is 1.37. The van der Waals surface area contributed by atoms with Gasteiger partial charge in [-0.05, 0) is 105 Å². The maximum Gasteiger partial charge on any atom is 0.140 e. The van der Waals surface area contributed by atoms with Crippen molar-refractivity contribution < 1.29 is 9.84 Å². The van der Waals surface area contributed by atoms with Crippen molar-refractivity contribution in [2.75, 3.05) is 0 Å². The molecule has 5 rings (SSSR count). The maximum atomic E-state index is 10.2. The predicted molar refractivity (Wildman–Crippen MR) is 120 cm³/mol. The summed E-state index contributed by atoms with van der Waals surface area (Å²) in [5.74, 6) is 3.99. The van der Waals surface area contributed by atoms with E-state index in [2.05, 4.69) is 38.8 Å². The molecule has 1 aromatic rings. The van der Waals surface area contributed by atoms with Gasteiger partial charge in [-0.3, -0.25) is 4.98 Å². The second kappa shape index (κ2) is 7.36. The normalized spacial score (nSPS) is 43.8. The van der Waals surface area contributed by atoms with Crippen LogP contribution in [-0.4, -0.2) is 22.3 Å². The molecule has 0 saturated heterocycles. The first kappa shape index (κ1) is 20.5. The van der Waals surface area contributed by atoms with Crippen LogP contribution < -0.4 is 4.74 Å². The van der Waals surface area contributed by atoms with E-state index in [-0.39, 0.29) is 12.2 Å². The first-order valence-corrected chi connectivity index (χ1v) is 12.3. The largest absolute Gasteiger partial charge is 0.489 e.